The maximum Gasteiger partial charge on any atom is 0.257 e. The number of halogens is 2. The van der Waals surface area contributed by atoms with E-state index in [0.29, 0.717) is 21.3 Å². The van der Waals surface area contributed by atoms with E-state index >= 15 is 0 Å². The second-order valence-corrected chi connectivity index (χ2v) is 5.79. The average Bonchev–Trinajstić information content (AvgIpc) is 2.46. The zero-order chi connectivity index (χ0) is 17.0. The SMILES string of the molecule is NC(=O)c1cccc(NC(=S)NC(=O)c2cc(Cl)cc(Cl)c2)c1. The van der Waals surface area contributed by atoms with Gasteiger partial charge in [0.15, 0.2) is 5.11 Å². The minimum atomic E-state index is -0.558. The van der Waals surface area contributed by atoms with E-state index in [0.717, 1.165) is 0 Å². The summed E-state index contributed by atoms with van der Waals surface area (Å²) in [5.41, 5.74) is 6.33. The lowest BCUT2D eigenvalue weighted by Crippen LogP contribution is -2.34. The number of nitrogens with one attached hydrogen (secondary N) is 2. The molecule has 4 N–H and O–H groups in total. The van der Waals surface area contributed by atoms with Gasteiger partial charge < -0.3 is 11.1 Å². The lowest BCUT2D eigenvalue weighted by molar-refractivity contribution is 0.0975. The van der Waals surface area contributed by atoms with Crippen LogP contribution in [0.2, 0.25) is 10.0 Å². The van der Waals surface area contributed by atoms with Crippen molar-refractivity contribution in [3.8, 4) is 0 Å². The van der Waals surface area contributed by atoms with Crippen LogP contribution in [0.15, 0.2) is 42.5 Å². The van der Waals surface area contributed by atoms with E-state index in [1.807, 2.05) is 0 Å². The van der Waals surface area contributed by atoms with Crippen LogP contribution in [0.1, 0.15) is 20.7 Å². The fourth-order valence-electron chi connectivity index (χ4n) is 1.77. The monoisotopic (exact) mass is 367 g/mol. The Morgan fingerprint density at radius 3 is 2.26 bits per heavy atom. The summed E-state index contributed by atoms with van der Waals surface area (Å²) < 4.78 is 0. The minimum Gasteiger partial charge on any atom is -0.366 e. The van der Waals surface area contributed by atoms with Crippen molar-refractivity contribution in [1.29, 1.82) is 0 Å². The van der Waals surface area contributed by atoms with Gasteiger partial charge in [-0.2, -0.15) is 0 Å². The van der Waals surface area contributed by atoms with Crippen molar-refractivity contribution in [2.75, 3.05) is 5.32 Å². The summed E-state index contributed by atoms with van der Waals surface area (Å²) in [6.45, 7) is 0. The van der Waals surface area contributed by atoms with E-state index in [9.17, 15) is 9.59 Å². The van der Waals surface area contributed by atoms with Crippen LogP contribution in [0.3, 0.4) is 0 Å². The van der Waals surface area contributed by atoms with Crippen LogP contribution < -0.4 is 16.4 Å². The first-order valence-corrected chi connectivity index (χ1v) is 7.50. The molecule has 0 unspecified atom stereocenters. The van der Waals surface area contributed by atoms with Gasteiger partial charge in [-0.1, -0.05) is 29.3 Å². The van der Waals surface area contributed by atoms with Crippen molar-refractivity contribution in [2.45, 2.75) is 0 Å². The number of hydrogen-bond acceptors (Lipinski definition) is 3. The van der Waals surface area contributed by atoms with Crippen LogP contribution in [0, 0.1) is 0 Å². The molecule has 0 heterocycles. The number of rotatable bonds is 3. The lowest BCUT2D eigenvalue weighted by Gasteiger charge is -2.10. The normalized spacial score (nSPS) is 10.0. The Balaban J connectivity index is 2.05. The van der Waals surface area contributed by atoms with Crippen LogP contribution in [-0.4, -0.2) is 16.9 Å². The molecule has 118 valence electrons. The highest BCUT2D eigenvalue weighted by Crippen LogP contribution is 2.19. The van der Waals surface area contributed by atoms with Crippen LogP contribution in [0.4, 0.5) is 5.69 Å². The summed E-state index contributed by atoms with van der Waals surface area (Å²) in [5, 5.41) is 6.04. The van der Waals surface area contributed by atoms with Crippen molar-refractivity contribution < 1.29 is 9.59 Å². The van der Waals surface area contributed by atoms with Gasteiger partial charge >= 0.3 is 0 Å². The number of hydrogen-bond donors (Lipinski definition) is 3. The van der Waals surface area contributed by atoms with Crippen molar-refractivity contribution in [3.63, 3.8) is 0 Å². The highest BCUT2D eigenvalue weighted by molar-refractivity contribution is 7.80. The molecule has 2 aromatic carbocycles. The van der Waals surface area contributed by atoms with Gasteiger partial charge in [0.25, 0.3) is 5.91 Å². The molecule has 0 fully saturated rings. The maximum atomic E-state index is 12.1. The van der Waals surface area contributed by atoms with Gasteiger partial charge in [-0.05, 0) is 48.6 Å². The van der Waals surface area contributed by atoms with Gasteiger partial charge in [0.05, 0.1) is 0 Å². The number of amides is 2. The third-order valence-electron chi connectivity index (χ3n) is 2.76. The van der Waals surface area contributed by atoms with Crippen molar-refractivity contribution in [2.24, 2.45) is 5.73 Å². The summed E-state index contributed by atoms with van der Waals surface area (Å²) in [4.78, 5) is 23.2. The van der Waals surface area contributed by atoms with Gasteiger partial charge in [-0.3, -0.25) is 14.9 Å². The molecule has 23 heavy (non-hydrogen) atoms. The molecule has 0 aliphatic heterocycles. The van der Waals surface area contributed by atoms with Crippen LogP contribution in [0.5, 0.6) is 0 Å². The fraction of sp³-hybridized carbons (Fsp3) is 0. The zero-order valence-corrected chi connectivity index (χ0v) is 13.9. The molecule has 0 aliphatic carbocycles. The van der Waals surface area contributed by atoms with E-state index in [-0.39, 0.29) is 10.7 Å². The topological polar surface area (TPSA) is 84.2 Å². The van der Waals surface area contributed by atoms with E-state index < -0.39 is 11.8 Å². The summed E-state index contributed by atoms with van der Waals surface area (Å²) in [7, 11) is 0. The summed E-state index contributed by atoms with van der Waals surface area (Å²) in [6.07, 6.45) is 0. The molecule has 2 amide bonds. The predicted molar refractivity (Wildman–Crippen MR) is 95.1 cm³/mol. The number of nitrogens with two attached hydrogens (primary N) is 1. The van der Waals surface area contributed by atoms with Gasteiger partial charge in [0.1, 0.15) is 0 Å². The molecule has 0 aromatic heterocycles. The molecule has 5 nitrogen and oxygen atoms in total. The third-order valence-corrected chi connectivity index (χ3v) is 3.40. The largest absolute Gasteiger partial charge is 0.366 e. The van der Waals surface area contributed by atoms with E-state index in [2.05, 4.69) is 10.6 Å². The number of anilines is 1. The second kappa shape index (κ2) is 7.41. The van der Waals surface area contributed by atoms with Crippen molar-refractivity contribution in [3.05, 3.63) is 63.6 Å². The third kappa shape index (κ3) is 4.92. The Kier molecular flexibility index (Phi) is 5.54. The summed E-state index contributed by atoms with van der Waals surface area (Å²) in [6, 6.07) is 10.9. The number of benzene rings is 2. The summed E-state index contributed by atoms with van der Waals surface area (Å²) >= 11 is 16.8. The quantitative estimate of drug-likeness (QED) is 0.727. The van der Waals surface area contributed by atoms with Crippen LogP contribution in [-0.2, 0) is 0 Å². The number of carbonyl (C=O) groups excluding carboxylic acids is 2. The van der Waals surface area contributed by atoms with Crippen LogP contribution in [0.25, 0.3) is 0 Å². The Labute approximate surface area is 147 Å². The maximum absolute atomic E-state index is 12.1. The highest BCUT2D eigenvalue weighted by atomic mass is 35.5. The van der Waals surface area contributed by atoms with Gasteiger partial charge in [-0.15, -0.1) is 0 Å². The van der Waals surface area contributed by atoms with E-state index in [1.54, 1.807) is 18.2 Å². The first-order chi connectivity index (χ1) is 10.8. The first kappa shape index (κ1) is 17.2. The molecule has 2 aromatic rings. The minimum absolute atomic E-state index is 0.0627. The summed E-state index contributed by atoms with van der Waals surface area (Å²) in [5.74, 6) is -1.02. The molecule has 0 aliphatic rings. The molecule has 0 atom stereocenters. The van der Waals surface area contributed by atoms with E-state index in [1.165, 1.54) is 24.3 Å². The predicted octanol–water partition coefficient (Wildman–Crippen LogP) is 3.22. The number of thiocarbonyl (C=S) groups is 1. The lowest BCUT2D eigenvalue weighted by atomic mass is 10.2. The molecule has 0 saturated heterocycles. The molecular weight excluding hydrogens is 357 g/mol. The first-order valence-electron chi connectivity index (χ1n) is 6.33. The van der Waals surface area contributed by atoms with Gasteiger partial charge in [0.2, 0.25) is 5.91 Å². The Hall–Kier alpha value is -2.15. The Morgan fingerprint density at radius 2 is 1.65 bits per heavy atom. The molecule has 8 heteroatoms. The molecule has 0 bridgehead atoms. The Bertz CT molecular complexity index is 776. The van der Waals surface area contributed by atoms with Gasteiger partial charge in [-0.25, -0.2) is 0 Å². The van der Waals surface area contributed by atoms with E-state index in [4.69, 9.17) is 41.2 Å². The number of primary amides is 1. The smallest absolute Gasteiger partial charge is 0.257 e. The molecule has 0 saturated carbocycles. The number of carbonyl (C=O) groups is 2. The molecule has 2 rings (SSSR count). The standard InChI is InChI=1S/C15H11Cl2N3O2S/c16-10-4-9(5-11(17)7-10)14(22)20-15(23)19-12-3-1-2-8(6-12)13(18)21/h1-7H,(H2,18,21)(H2,19,20,22,23). The molecule has 0 radical (unpaired) electrons. The van der Waals surface area contributed by atoms with Gasteiger partial charge in [0, 0.05) is 26.9 Å². The average molecular weight is 368 g/mol. The highest BCUT2D eigenvalue weighted by Gasteiger charge is 2.10. The molecule has 0 spiro atoms. The Morgan fingerprint density at radius 1 is 1.00 bits per heavy atom. The molecular formula is C15H11Cl2N3O2S. The fourth-order valence-corrected chi connectivity index (χ4v) is 2.51. The zero-order valence-electron chi connectivity index (χ0n) is 11.6. The van der Waals surface area contributed by atoms with Crippen molar-refractivity contribution >= 4 is 58.0 Å². The second-order valence-electron chi connectivity index (χ2n) is 4.51. The van der Waals surface area contributed by atoms with Crippen LogP contribution >= 0.6 is 35.4 Å². The van der Waals surface area contributed by atoms with Crippen molar-refractivity contribution in [1.82, 2.24) is 5.32 Å².